The summed E-state index contributed by atoms with van der Waals surface area (Å²) in [4.78, 5) is 0. The lowest BCUT2D eigenvalue weighted by Gasteiger charge is -1.83. The van der Waals surface area contributed by atoms with E-state index in [1.165, 1.54) is 0 Å². The van der Waals surface area contributed by atoms with Gasteiger partial charge in [0.2, 0.25) is 0 Å². The zero-order valence-corrected chi connectivity index (χ0v) is 13.2. The monoisotopic (exact) mass is 280 g/mol. The topological polar surface area (TPSA) is 40.5 Å². The molecule has 2 nitrogen and oxygen atoms in total. The number of hydrogen-bond acceptors (Lipinski definition) is 2. The van der Waals surface area contributed by atoms with Crippen molar-refractivity contribution in [3.8, 4) is 0 Å². The van der Waals surface area contributed by atoms with Crippen LogP contribution in [0, 0.1) is 0 Å². The molecule has 0 aromatic carbocycles. The third-order valence-corrected chi connectivity index (χ3v) is 2.27. The molecule has 0 saturated carbocycles. The second-order valence-corrected chi connectivity index (χ2v) is 4.20. The number of aliphatic hydroxyl groups excluding tert-OH is 2. The molecule has 0 aliphatic heterocycles. The van der Waals surface area contributed by atoms with Gasteiger partial charge in [-0.05, 0) is 38.5 Å². The lowest BCUT2D eigenvalue weighted by Crippen LogP contribution is -1.74. The van der Waals surface area contributed by atoms with Crippen LogP contribution in [-0.4, -0.2) is 23.4 Å². The maximum absolute atomic E-state index is 8.40. The van der Waals surface area contributed by atoms with E-state index in [0.717, 1.165) is 38.5 Å². The summed E-state index contributed by atoms with van der Waals surface area (Å²) in [6.07, 6.45) is 22.4. The van der Waals surface area contributed by atoms with Crippen LogP contribution in [0.15, 0.2) is 48.6 Å². The van der Waals surface area contributed by atoms with E-state index in [9.17, 15) is 0 Å². The average Bonchev–Trinajstić information content (AvgIpc) is 2.47. The molecule has 0 rings (SSSR count). The molecule has 0 atom stereocenters. The van der Waals surface area contributed by atoms with Crippen molar-refractivity contribution in [3.05, 3.63) is 48.6 Å². The van der Waals surface area contributed by atoms with Gasteiger partial charge in [0.25, 0.3) is 0 Å². The van der Waals surface area contributed by atoms with Crippen molar-refractivity contribution >= 4 is 0 Å². The Morgan fingerprint density at radius 2 is 0.900 bits per heavy atom. The minimum Gasteiger partial charge on any atom is -0.396 e. The number of aliphatic hydroxyl groups is 2. The Kier molecular flexibility index (Phi) is 24.4. The summed E-state index contributed by atoms with van der Waals surface area (Å²) >= 11 is 0. The van der Waals surface area contributed by atoms with E-state index in [-0.39, 0.29) is 13.2 Å². The van der Waals surface area contributed by atoms with Crippen molar-refractivity contribution < 1.29 is 10.2 Å². The molecule has 0 aliphatic carbocycles. The van der Waals surface area contributed by atoms with Gasteiger partial charge in [0.15, 0.2) is 0 Å². The second-order valence-electron chi connectivity index (χ2n) is 4.20. The molecule has 0 fully saturated rings. The summed E-state index contributed by atoms with van der Waals surface area (Å²) in [6.45, 7) is 4.75. The highest BCUT2D eigenvalue weighted by Crippen LogP contribution is 1.90. The van der Waals surface area contributed by atoms with Gasteiger partial charge < -0.3 is 10.2 Å². The summed E-state index contributed by atoms with van der Waals surface area (Å²) < 4.78 is 0. The smallest absolute Gasteiger partial charge is 0.0465 e. The van der Waals surface area contributed by atoms with E-state index in [1.807, 2.05) is 12.2 Å². The largest absolute Gasteiger partial charge is 0.396 e. The molecular weight excluding hydrogens is 248 g/mol. The van der Waals surface area contributed by atoms with Crippen molar-refractivity contribution in [1.29, 1.82) is 0 Å². The summed E-state index contributed by atoms with van der Waals surface area (Å²) in [7, 11) is 0. The third-order valence-electron chi connectivity index (χ3n) is 2.27. The number of hydrogen-bond donors (Lipinski definition) is 2. The zero-order chi connectivity index (χ0) is 15.3. The fourth-order valence-corrected chi connectivity index (χ4v) is 1.26. The van der Waals surface area contributed by atoms with Crippen LogP contribution in [0.5, 0.6) is 0 Å². The minimum atomic E-state index is 0.258. The van der Waals surface area contributed by atoms with Gasteiger partial charge in [0.1, 0.15) is 0 Å². The molecule has 20 heavy (non-hydrogen) atoms. The van der Waals surface area contributed by atoms with Crippen LogP contribution in [0.2, 0.25) is 0 Å². The maximum Gasteiger partial charge on any atom is 0.0465 e. The third kappa shape index (κ3) is 25.7. The van der Waals surface area contributed by atoms with Crippen molar-refractivity contribution in [2.24, 2.45) is 0 Å². The van der Waals surface area contributed by atoms with Crippen molar-refractivity contribution in [3.63, 3.8) is 0 Å². The van der Waals surface area contributed by atoms with Crippen LogP contribution in [-0.2, 0) is 0 Å². The molecule has 116 valence electrons. The van der Waals surface area contributed by atoms with Gasteiger partial charge in [0.05, 0.1) is 0 Å². The van der Waals surface area contributed by atoms with Crippen LogP contribution in [0.3, 0.4) is 0 Å². The molecular formula is C18H32O2. The van der Waals surface area contributed by atoms with Crippen LogP contribution in [0.4, 0.5) is 0 Å². The Morgan fingerprint density at radius 3 is 1.20 bits per heavy atom. The fourth-order valence-electron chi connectivity index (χ4n) is 1.26. The van der Waals surface area contributed by atoms with Crippen molar-refractivity contribution in [2.75, 3.05) is 13.2 Å². The predicted octanol–water partition coefficient (Wildman–Crippen LogP) is 4.56. The lowest BCUT2D eigenvalue weighted by atomic mass is 10.3. The zero-order valence-electron chi connectivity index (χ0n) is 13.2. The summed E-state index contributed by atoms with van der Waals surface area (Å²) in [6, 6.07) is 0. The van der Waals surface area contributed by atoms with E-state index in [1.54, 1.807) is 0 Å². The Hall–Kier alpha value is -1.12. The Labute approximate surface area is 125 Å². The average molecular weight is 280 g/mol. The first-order chi connectivity index (χ1) is 9.83. The van der Waals surface area contributed by atoms with Crippen LogP contribution in [0.25, 0.3) is 0 Å². The first-order valence-corrected chi connectivity index (χ1v) is 7.65. The van der Waals surface area contributed by atoms with Crippen molar-refractivity contribution in [2.45, 2.75) is 52.4 Å². The number of rotatable bonds is 10. The highest BCUT2D eigenvalue weighted by atomic mass is 16.3. The normalized spacial score (nSPS) is 11.8. The Balaban J connectivity index is 0. The van der Waals surface area contributed by atoms with Gasteiger partial charge in [-0.15, -0.1) is 0 Å². The summed E-state index contributed by atoms with van der Waals surface area (Å²) in [5.74, 6) is 0. The second kappa shape index (κ2) is 23.0. The summed E-state index contributed by atoms with van der Waals surface area (Å²) in [5.41, 5.74) is 0. The Morgan fingerprint density at radius 1 is 0.550 bits per heavy atom. The fraction of sp³-hybridized carbons (Fsp3) is 0.556. The molecule has 2 N–H and O–H groups in total. The number of allylic oxidation sites excluding steroid dienone is 6. The highest BCUT2D eigenvalue weighted by Gasteiger charge is 1.73. The van der Waals surface area contributed by atoms with Gasteiger partial charge >= 0.3 is 0 Å². The van der Waals surface area contributed by atoms with Gasteiger partial charge in [-0.25, -0.2) is 0 Å². The van der Waals surface area contributed by atoms with E-state index in [0.29, 0.717) is 0 Å². The van der Waals surface area contributed by atoms with Crippen LogP contribution in [0.1, 0.15) is 52.4 Å². The minimum absolute atomic E-state index is 0.258. The van der Waals surface area contributed by atoms with Crippen LogP contribution >= 0.6 is 0 Å². The summed E-state index contributed by atoms with van der Waals surface area (Å²) in [5, 5.41) is 16.8. The molecule has 0 saturated heterocycles. The molecule has 0 unspecified atom stereocenters. The lowest BCUT2D eigenvalue weighted by molar-refractivity contribution is 0.302. The van der Waals surface area contributed by atoms with Crippen LogP contribution < -0.4 is 0 Å². The van der Waals surface area contributed by atoms with E-state index >= 15 is 0 Å². The van der Waals surface area contributed by atoms with E-state index in [4.69, 9.17) is 10.2 Å². The van der Waals surface area contributed by atoms with E-state index in [2.05, 4.69) is 50.3 Å². The van der Waals surface area contributed by atoms with Gasteiger partial charge in [-0.2, -0.15) is 0 Å². The molecule has 0 heterocycles. The molecule has 0 aromatic heterocycles. The maximum atomic E-state index is 8.40. The Bertz CT molecular complexity index is 235. The van der Waals surface area contributed by atoms with Gasteiger partial charge in [-0.1, -0.05) is 62.5 Å². The molecule has 0 bridgehead atoms. The standard InChI is InChI=1S/2C9H16O/c2*1-2-3-4-5-6-7-8-9-10/h2*3-4,6-7,10H,2,5,8-9H2,1H3/b4-3-,7-6+;. The highest BCUT2D eigenvalue weighted by molar-refractivity contribution is 4.92. The first kappa shape index (κ1) is 21.2. The molecule has 0 radical (unpaired) electrons. The molecule has 2 heteroatoms. The SMILES string of the molecule is CC/C=C\C/C=C/CCO.CCC=CCC=CCCO. The first-order valence-electron chi connectivity index (χ1n) is 7.65. The molecule has 0 amide bonds. The molecule has 0 aliphatic rings. The van der Waals surface area contributed by atoms with E-state index < -0.39 is 0 Å². The van der Waals surface area contributed by atoms with Gasteiger partial charge in [0, 0.05) is 13.2 Å². The van der Waals surface area contributed by atoms with Gasteiger partial charge in [-0.3, -0.25) is 0 Å². The molecule has 0 aromatic rings. The molecule has 0 spiro atoms. The van der Waals surface area contributed by atoms with Crippen molar-refractivity contribution in [1.82, 2.24) is 0 Å². The predicted molar refractivity (Wildman–Crippen MR) is 89.8 cm³/mol. The quantitative estimate of drug-likeness (QED) is 0.576.